The Morgan fingerprint density at radius 3 is 2.92 bits per heavy atom. The molecule has 2 aromatic rings. The van der Waals surface area contributed by atoms with Crippen LogP contribution in [0.1, 0.15) is 24.0 Å². The lowest BCUT2D eigenvalue weighted by molar-refractivity contribution is -0.00716. The second-order valence-corrected chi connectivity index (χ2v) is 6.15. The molecule has 1 saturated heterocycles. The molecule has 4 heteroatoms. The second kappa shape index (κ2) is 8.71. The van der Waals surface area contributed by atoms with Gasteiger partial charge in [0.15, 0.2) is 0 Å². The molecular weight excluding hydrogens is 303 g/mol. The lowest BCUT2D eigenvalue weighted by atomic mass is 10.1. The number of hydrogen-bond donors (Lipinski definition) is 0. The van der Waals surface area contributed by atoms with Gasteiger partial charge in [-0.05, 0) is 48.7 Å². The molecule has 0 spiro atoms. The number of pyridine rings is 1. The highest BCUT2D eigenvalue weighted by molar-refractivity contribution is 5.48. The van der Waals surface area contributed by atoms with Crippen LogP contribution in [-0.4, -0.2) is 35.6 Å². The molecule has 3 rings (SSSR count). The fourth-order valence-electron chi connectivity index (χ4n) is 2.92. The predicted octanol–water partition coefficient (Wildman–Crippen LogP) is 3.92. The Bertz CT molecular complexity index is 642. The first-order valence-electron chi connectivity index (χ1n) is 8.44. The first-order chi connectivity index (χ1) is 11.8. The van der Waals surface area contributed by atoms with E-state index in [1.807, 2.05) is 24.4 Å². The summed E-state index contributed by atoms with van der Waals surface area (Å²) in [6, 6.07) is 10.5. The van der Waals surface area contributed by atoms with Gasteiger partial charge in [0.05, 0.1) is 12.7 Å². The van der Waals surface area contributed by atoms with E-state index >= 15 is 0 Å². The fraction of sp³-hybridized carbons (Fsp3) is 0.350. The second-order valence-electron chi connectivity index (χ2n) is 6.15. The summed E-state index contributed by atoms with van der Waals surface area (Å²) >= 11 is 0. The molecule has 1 aromatic carbocycles. The predicted molar refractivity (Wildman–Crippen MR) is 93.9 cm³/mol. The quantitative estimate of drug-likeness (QED) is 0.804. The summed E-state index contributed by atoms with van der Waals surface area (Å²) in [5, 5.41) is 0. The van der Waals surface area contributed by atoms with Crippen molar-refractivity contribution in [3.8, 4) is 0 Å². The Kier molecular flexibility index (Phi) is 6.10. The van der Waals surface area contributed by atoms with E-state index in [2.05, 4.69) is 16.0 Å². The van der Waals surface area contributed by atoms with Crippen molar-refractivity contribution in [2.75, 3.05) is 19.6 Å². The maximum atomic E-state index is 12.9. The molecular formula is C20H23FN2O. The van der Waals surface area contributed by atoms with Crippen molar-refractivity contribution in [3.05, 3.63) is 71.8 Å². The Labute approximate surface area is 142 Å². The molecule has 1 aromatic heterocycles. The number of nitrogens with zero attached hydrogens (tertiary/aromatic N) is 2. The van der Waals surface area contributed by atoms with E-state index in [-0.39, 0.29) is 11.9 Å². The largest absolute Gasteiger partial charge is 0.372 e. The molecule has 1 unspecified atom stereocenters. The Morgan fingerprint density at radius 1 is 1.25 bits per heavy atom. The van der Waals surface area contributed by atoms with Gasteiger partial charge in [0.1, 0.15) is 5.82 Å². The van der Waals surface area contributed by atoms with Crippen LogP contribution in [0.5, 0.6) is 0 Å². The van der Waals surface area contributed by atoms with Crippen molar-refractivity contribution >= 4 is 6.08 Å². The molecule has 0 bridgehead atoms. The van der Waals surface area contributed by atoms with E-state index < -0.39 is 0 Å². The van der Waals surface area contributed by atoms with Gasteiger partial charge >= 0.3 is 0 Å². The molecule has 0 saturated carbocycles. The molecule has 24 heavy (non-hydrogen) atoms. The summed E-state index contributed by atoms with van der Waals surface area (Å²) in [5.74, 6) is -0.197. The molecule has 0 aliphatic carbocycles. The van der Waals surface area contributed by atoms with Crippen molar-refractivity contribution in [2.24, 2.45) is 0 Å². The van der Waals surface area contributed by atoms with Crippen LogP contribution in [0.3, 0.4) is 0 Å². The number of rotatable bonds is 6. The van der Waals surface area contributed by atoms with Gasteiger partial charge in [-0.15, -0.1) is 0 Å². The van der Waals surface area contributed by atoms with Crippen molar-refractivity contribution < 1.29 is 9.13 Å². The number of benzene rings is 1. The maximum Gasteiger partial charge on any atom is 0.123 e. The molecule has 0 N–H and O–H groups in total. The summed E-state index contributed by atoms with van der Waals surface area (Å²) in [6.07, 6.45) is 10.3. The summed E-state index contributed by atoms with van der Waals surface area (Å²) in [7, 11) is 0. The maximum absolute atomic E-state index is 12.9. The number of hydrogen-bond acceptors (Lipinski definition) is 3. The highest BCUT2D eigenvalue weighted by Gasteiger charge is 2.19. The van der Waals surface area contributed by atoms with Gasteiger partial charge in [0.25, 0.3) is 0 Å². The molecule has 126 valence electrons. The normalized spacial score (nSPS) is 19.0. The minimum absolute atomic E-state index is 0.197. The molecule has 2 heterocycles. The van der Waals surface area contributed by atoms with Gasteiger partial charge < -0.3 is 4.74 Å². The molecule has 0 amide bonds. The standard InChI is InChI=1S/C20H23FN2O/c21-19-9-7-17(8-10-19)5-2-12-23-13-3-6-20(15-23)24-16-18-4-1-11-22-14-18/h1-2,4-5,7-11,14,20H,3,6,12-13,15-16H2. The smallest absolute Gasteiger partial charge is 0.123 e. The molecule has 1 fully saturated rings. The van der Waals surface area contributed by atoms with Crippen LogP contribution < -0.4 is 0 Å². The van der Waals surface area contributed by atoms with Crippen molar-refractivity contribution in [1.29, 1.82) is 0 Å². The van der Waals surface area contributed by atoms with Crippen molar-refractivity contribution in [1.82, 2.24) is 9.88 Å². The first-order valence-corrected chi connectivity index (χ1v) is 8.44. The molecule has 0 radical (unpaired) electrons. The van der Waals surface area contributed by atoms with E-state index in [4.69, 9.17) is 4.74 Å². The number of likely N-dealkylation sites (tertiary alicyclic amines) is 1. The average molecular weight is 326 g/mol. The van der Waals surface area contributed by atoms with Gasteiger partial charge in [0.2, 0.25) is 0 Å². The SMILES string of the molecule is Fc1ccc(C=CCN2CCCC(OCc3cccnc3)C2)cc1. The lowest BCUT2D eigenvalue weighted by Crippen LogP contribution is -2.39. The van der Waals surface area contributed by atoms with Gasteiger partial charge in [0, 0.05) is 25.5 Å². The summed E-state index contributed by atoms with van der Waals surface area (Å²) in [5.41, 5.74) is 2.14. The Morgan fingerprint density at radius 2 is 2.12 bits per heavy atom. The highest BCUT2D eigenvalue weighted by atomic mass is 19.1. The minimum atomic E-state index is -0.197. The van der Waals surface area contributed by atoms with E-state index in [1.165, 1.54) is 12.1 Å². The third-order valence-electron chi connectivity index (χ3n) is 4.21. The monoisotopic (exact) mass is 326 g/mol. The zero-order valence-corrected chi connectivity index (χ0v) is 13.8. The first kappa shape index (κ1) is 16.8. The van der Waals surface area contributed by atoms with Crippen molar-refractivity contribution in [3.63, 3.8) is 0 Å². The van der Waals surface area contributed by atoms with E-state index in [0.717, 1.165) is 43.6 Å². The van der Waals surface area contributed by atoms with Crippen LogP contribution in [-0.2, 0) is 11.3 Å². The van der Waals surface area contributed by atoms with E-state index in [1.54, 1.807) is 18.3 Å². The van der Waals surface area contributed by atoms with Crippen LogP contribution in [0.25, 0.3) is 6.08 Å². The van der Waals surface area contributed by atoms with Crippen LogP contribution in [0, 0.1) is 5.82 Å². The van der Waals surface area contributed by atoms with Crippen molar-refractivity contribution in [2.45, 2.75) is 25.6 Å². The Balaban J connectivity index is 1.44. The summed E-state index contributed by atoms with van der Waals surface area (Å²) in [4.78, 5) is 6.52. The number of halogens is 1. The van der Waals surface area contributed by atoms with E-state index in [9.17, 15) is 4.39 Å². The van der Waals surface area contributed by atoms with Gasteiger partial charge in [-0.3, -0.25) is 9.88 Å². The molecule has 1 aliphatic rings. The van der Waals surface area contributed by atoms with Crippen LogP contribution >= 0.6 is 0 Å². The summed E-state index contributed by atoms with van der Waals surface area (Å²) < 4.78 is 18.9. The molecule has 1 aliphatic heterocycles. The fourth-order valence-corrected chi connectivity index (χ4v) is 2.92. The minimum Gasteiger partial charge on any atom is -0.372 e. The third-order valence-corrected chi connectivity index (χ3v) is 4.21. The van der Waals surface area contributed by atoms with Gasteiger partial charge in [-0.1, -0.05) is 30.4 Å². The van der Waals surface area contributed by atoms with Crippen LogP contribution in [0.4, 0.5) is 4.39 Å². The van der Waals surface area contributed by atoms with Crippen LogP contribution in [0.15, 0.2) is 54.9 Å². The van der Waals surface area contributed by atoms with Crippen LogP contribution in [0.2, 0.25) is 0 Å². The van der Waals surface area contributed by atoms with E-state index in [0.29, 0.717) is 6.61 Å². The molecule has 3 nitrogen and oxygen atoms in total. The van der Waals surface area contributed by atoms with Gasteiger partial charge in [-0.25, -0.2) is 4.39 Å². The third kappa shape index (κ3) is 5.25. The van der Waals surface area contributed by atoms with Gasteiger partial charge in [-0.2, -0.15) is 0 Å². The highest BCUT2D eigenvalue weighted by Crippen LogP contribution is 2.15. The summed E-state index contributed by atoms with van der Waals surface area (Å²) in [6.45, 7) is 3.57. The zero-order chi connectivity index (χ0) is 16.6. The topological polar surface area (TPSA) is 25.4 Å². The lowest BCUT2D eigenvalue weighted by Gasteiger charge is -2.31. The number of ether oxygens (including phenoxy) is 1. The average Bonchev–Trinajstić information content (AvgIpc) is 2.63. The number of piperidine rings is 1. The Hall–Kier alpha value is -2.04. The zero-order valence-electron chi connectivity index (χ0n) is 13.8. The number of aromatic nitrogens is 1. The molecule has 1 atom stereocenters.